The summed E-state index contributed by atoms with van der Waals surface area (Å²) in [4.78, 5) is 25.3. The monoisotopic (exact) mass is 411 g/mol. The summed E-state index contributed by atoms with van der Waals surface area (Å²) in [5, 5.41) is 3.24. The topological polar surface area (TPSA) is 64.6 Å². The first-order valence-electron chi connectivity index (χ1n) is 7.25. The Labute approximate surface area is 153 Å². The number of benzene rings is 1. The third-order valence-corrected chi connectivity index (χ3v) is 5.30. The van der Waals surface area contributed by atoms with Gasteiger partial charge in [0.05, 0.1) is 17.1 Å². The molecule has 1 aromatic heterocycles. The van der Waals surface area contributed by atoms with Crippen molar-refractivity contribution in [2.75, 3.05) is 12.4 Å². The third-order valence-electron chi connectivity index (χ3n) is 3.52. The minimum absolute atomic E-state index is 0.336. The minimum Gasteiger partial charge on any atom is -0.480 e. The van der Waals surface area contributed by atoms with E-state index in [4.69, 9.17) is 9.47 Å². The number of para-hydroxylation sites is 1. The highest BCUT2D eigenvalue weighted by atomic mass is 79.9. The van der Waals surface area contributed by atoms with Crippen LogP contribution in [0.2, 0.25) is 0 Å². The van der Waals surface area contributed by atoms with Gasteiger partial charge in [-0.25, -0.2) is 4.79 Å². The first kappa shape index (κ1) is 18.5. The molecule has 24 heavy (non-hydrogen) atoms. The average molecular weight is 412 g/mol. The standard InChI is InChI=1S/C17H18BrNO4S/c1-9-11(3)24-16(14(9)17(21)22-4)19-15(20)10(2)23-13-8-6-5-7-12(13)18/h5-8,10H,1-4H3,(H,19,20). The summed E-state index contributed by atoms with van der Waals surface area (Å²) in [7, 11) is 1.32. The molecule has 0 spiro atoms. The van der Waals surface area contributed by atoms with Crippen LogP contribution in [0.15, 0.2) is 28.7 Å². The number of carbonyl (C=O) groups excluding carboxylic acids is 2. The van der Waals surface area contributed by atoms with Gasteiger partial charge in [0.25, 0.3) is 5.91 Å². The molecule has 0 saturated carbocycles. The highest BCUT2D eigenvalue weighted by molar-refractivity contribution is 9.10. The minimum atomic E-state index is -0.725. The van der Waals surface area contributed by atoms with Crippen LogP contribution in [-0.4, -0.2) is 25.1 Å². The van der Waals surface area contributed by atoms with Crippen molar-refractivity contribution in [2.24, 2.45) is 0 Å². The van der Waals surface area contributed by atoms with E-state index in [1.165, 1.54) is 18.4 Å². The number of methoxy groups -OCH3 is 1. The molecule has 0 fully saturated rings. The fourth-order valence-corrected chi connectivity index (χ4v) is 3.49. The maximum Gasteiger partial charge on any atom is 0.341 e. The molecule has 2 rings (SSSR count). The number of ether oxygens (including phenoxy) is 2. The molecule has 1 atom stereocenters. The largest absolute Gasteiger partial charge is 0.480 e. The molecule has 0 aliphatic rings. The second-order valence-electron chi connectivity index (χ2n) is 5.16. The molecule has 0 aliphatic carbocycles. The van der Waals surface area contributed by atoms with E-state index >= 15 is 0 Å². The molecule has 1 amide bonds. The van der Waals surface area contributed by atoms with Crippen LogP contribution >= 0.6 is 27.3 Å². The fraction of sp³-hybridized carbons (Fsp3) is 0.294. The lowest BCUT2D eigenvalue weighted by Crippen LogP contribution is -2.30. The van der Waals surface area contributed by atoms with E-state index in [0.717, 1.165) is 14.9 Å². The Kier molecular flexibility index (Phi) is 6.01. The van der Waals surface area contributed by atoms with Crippen LogP contribution in [0.25, 0.3) is 0 Å². The normalized spacial score (nSPS) is 11.7. The Hall–Kier alpha value is -1.86. The molecule has 2 aromatic rings. The highest BCUT2D eigenvalue weighted by Crippen LogP contribution is 2.33. The summed E-state index contributed by atoms with van der Waals surface area (Å²) in [5.41, 5.74) is 1.20. The molecular formula is C17H18BrNO4S. The van der Waals surface area contributed by atoms with Gasteiger partial charge in [0, 0.05) is 4.88 Å². The van der Waals surface area contributed by atoms with Crippen LogP contribution < -0.4 is 10.1 Å². The molecule has 0 saturated heterocycles. The number of rotatable bonds is 5. The molecule has 1 N–H and O–H groups in total. The summed E-state index contributed by atoms with van der Waals surface area (Å²) >= 11 is 4.72. The zero-order chi connectivity index (χ0) is 17.9. The SMILES string of the molecule is COC(=O)c1c(NC(=O)C(C)Oc2ccccc2Br)sc(C)c1C. The predicted molar refractivity (Wildman–Crippen MR) is 98.0 cm³/mol. The third kappa shape index (κ3) is 3.96. The number of amides is 1. The van der Waals surface area contributed by atoms with Gasteiger partial charge in [-0.1, -0.05) is 12.1 Å². The Morgan fingerprint density at radius 3 is 2.54 bits per heavy atom. The Morgan fingerprint density at radius 1 is 1.25 bits per heavy atom. The zero-order valence-electron chi connectivity index (χ0n) is 13.8. The fourth-order valence-electron chi connectivity index (χ4n) is 2.06. The van der Waals surface area contributed by atoms with Crippen LogP contribution in [0.5, 0.6) is 5.75 Å². The van der Waals surface area contributed by atoms with Crippen molar-refractivity contribution in [3.05, 3.63) is 44.7 Å². The molecule has 5 nitrogen and oxygen atoms in total. The quantitative estimate of drug-likeness (QED) is 0.743. The van der Waals surface area contributed by atoms with Gasteiger partial charge in [0.1, 0.15) is 10.8 Å². The van der Waals surface area contributed by atoms with E-state index in [9.17, 15) is 9.59 Å². The van der Waals surface area contributed by atoms with Gasteiger partial charge in [-0.2, -0.15) is 0 Å². The summed E-state index contributed by atoms with van der Waals surface area (Å²) in [5.74, 6) is -0.226. The van der Waals surface area contributed by atoms with E-state index in [2.05, 4.69) is 21.2 Å². The lowest BCUT2D eigenvalue weighted by Gasteiger charge is -2.15. The summed E-state index contributed by atoms with van der Waals surface area (Å²) in [6.07, 6.45) is -0.725. The van der Waals surface area contributed by atoms with E-state index in [-0.39, 0.29) is 5.91 Å². The van der Waals surface area contributed by atoms with Crippen LogP contribution in [0.3, 0.4) is 0 Å². The smallest absolute Gasteiger partial charge is 0.341 e. The van der Waals surface area contributed by atoms with Crippen LogP contribution in [0.1, 0.15) is 27.7 Å². The maximum absolute atomic E-state index is 12.4. The van der Waals surface area contributed by atoms with Crippen molar-refractivity contribution in [2.45, 2.75) is 26.9 Å². The van der Waals surface area contributed by atoms with Gasteiger partial charge in [-0.05, 0) is 54.4 Å². The number of nitrogens with one attached hydrogen (secondary N) is 1. The number of anilines is 1. The van der Waals surface area contributed by atoms with Crippen molar-refractivity contribution >= 4 is 44.1 Å². The Bertz CT molecular complexity index is 772. The first-order chi connectivity index (χ1) is 11.3. The molecule has 1 heterocycles. The molecule has 7 heteroatoms. The highest BCUT2D eigenvalue weighted by Gasteiger charge is 2.24. The van der Waals surface area contributed by atoms with E-state index < -0.39 is 12.1 Å². The summed E-state index contributed by atoms with van der Waals surface area (Å²) in [6, 6.07) is 7.29. The van der Waals surface area contributed by atoms with Crippen LogP contribution in [-0.2, 0) is 9.53 Å². The van der Waals surface area contributed by atoms with Gasteiger partial charge in [0.2, 0.25) is 0 Å². The number of hydrogen-bond acceptors (Lipinski definition) is 5. The van der Waals surface area contributed by atoms with Gasteiger partial charge in [-0.15, -0.1) is 11.3 Å². The van der Waals surface area contributed by atoms with E-state index in [0.29, 0.717) is 16.3 Å². The van der Waals surface area contributed by atoms with E-state index in [1.807, 2.05) is 32.0 Å². The molecule has 0 bridgehead atoms. The second kappa shape index (κ2) is 7.81. The van der Waals surface area contributed by atoms with Crippen molar-refractivity contribution in [1.29, 1.82) is 0 Å². The lowest BCUT2D eigenvalue weighted by molar-refractivity contribution is -0.122. The molecular weight excluding hydrogens is 394 g/mol. The number of aryl methyl sites for hydroxylation is 1. The van der Waals surface area contributed by atoms with Gasteiger partial charge >= 0.3 is 5.97 Å². The Morgan fingerprint density at radius 2 is 1.92 bits per heavy atom. The predicted octanol–water partition coefficient (Wildman–Crippen LogP) is 4.32. The molecule has 0 aliphatic heterocycles. The lowest BCUT2D eigenvalue weighted by atomic mass is 10.1. The van der Waals surface area contributed by atoms with Crippen LogP contribution in [0, 0.1) is 13.8 Å². The average Bonchev–Trinajstić information content (AvgIpc) is 2.83. The number of carbonyl (C=O) groups is 2. The number of halogens is 1. The number of esters is 1. The van der Waals surface area contributed by atoms with Crippen molar-refractivity contribution in [3.63, 3.8) is 0 Å². The summed E-state index contributed by atoms with van der Waals surface area (Å²) < 4.78 is 11.2. The first-order valence-corrected chi connectivity index (χ1v) is 8.86. The summed E-state index contributed by atoms with van der Waals surface area (Å²) in [6.45, 7) is 5.37. The van der Waals surface area contributed by atoms with Gasteiger partial charge in [0.15, 0.2) is 6.10 Å². The van der Waals surface area contributed by atoms with Crippen molar-refractivity contribution < 1.29 is 19.1 Å². The molecule has 0 radical (unpaired) electrons. The van der Waals surface area contributed by atoms with E-state index in [1.54, 1.807) is 13.0 Å². The zero-order valence-corrected chi connectivity index (χ0v) is 16.2. The second-order valence-corrected chi connectivity index (χ2v) is 7.24. The molecule has 1 unspecified atom stereocenters. The maximum atomic E-state index is 12.4. The number of hydrogen-bond donors (Lipinski definition) is 1. The van der Waals surface area contributed by atoms with Gasteiger partial charge in [-0.3, -0.25) is 4.79 Å². The van der Waals surface area contributed by atoms with Crippen LogP contribution in [0.4, 0.5) is 5.00 Å². The number of thiophene rings is 1. The molecule has 128 valence electrons. The van der Waals surface area contributed by atoms with Crippen molar-refractivity contribution in [3.8, 4) is 5.75 Å². The van der Waals surface area contributed by atoms with Crippen molar-refractivity contribution in [1.82, 2.24) is 0 Å². The molecule has 1 aromatic carbocycles. The van der Waals surface area contributed by atoms with Gasteiger partial charge < -0.3 is 14.8 Å². The Balaban J connectivity index is 2.16.